The molecule has 0 aromatic heterocycles. The van der Waals surface area contributed by atoms with Crippen LogP contribution in [0.3, 0.4) is 0 Å². The van der Waals surface area contributed by atoms with Crippen LogP contribution in [0.5, 0.6) is 0 Å². The van der Waals surface area contributed by atoms with Crippen LogP contribution in [0, 0.1) is 0 Å². The number of likely N-dealkylation sites (N-methyl/N-ethyl adjacent to an activating group) is 1. The third-order valence-electron chi connectivity index (χ3n) is 4.14. The van der Waals surface area contributed by atoms with Gasteiger partial charge in [0.15, 0.2) is 0 Å². The molecule has 0 spiro atoms. The van der Waals surface area contributed by atoms with Gasteiger partial charge >= 0.3 is 0 Å². The smallest absolute Gasteiger partial charge is 0.113 e. The highest BCUT2D eigenvalue weighted by molar-refractivity contribution is 4.80. The quantitative estimate of drug-likeness (QED) is 0.541. The molecule has 2 rings (SSSR count). The lowest BCUT2D eigenvalue weighted by atomic mass is 10.1. The number of ether oxygens (including phenoxy) is 1. The second-order valence-corrected chi connectivity index (χ2v) is 4.74. The van der Waals surface area contributed by atoms with Crippen molar-refractivity contribution in [3.8, 4) is 0 Å². The Labute approximate surface area is 75.1 Å². The molecule has 0 N–H and O–H groups in total. The molecule has 2 heterocycles. The van der Waals surface area contributed by atoms with E-state index >= 15 is 0 Å². The van der Waals surface area contributed by atoms with Gasteiger partial charge in [-0.05, 0) is 13.8 Å². The fourth-order valence-corrected chi connectivity index (χ4v) is 2.91. The Hall–Kier alpha value is -0.0800. The summed E-state index contributed by atoms with van der Waals surface area (Å²) in [6.07, 6.45) is 2.75. The molecule has 0 aromatic rings. The molecular weight excluding hydrogens is 150 g/mol. The van der Waals surface area contributed by atoms with Crippen LogP contribution in [0.2, 0.25) is 0 Å². The molecule has 2 fully saturated rings. The summed E-state index contributed by atoms with van der Waals surface area (Å²) in [5.41, 5.74) is 0. The normalized spacial score (nSPS) is 47.0. The van der Waals surface area contributed by atoms with Crippen molar-refractivity contribution in [3.63, 3.8) is 0 Å². The maximum atomic E-state index is 5.59. The number of hydrogen-bond acceptors (Lipinski definition) is 1. The third kappa shape index (κ3) is 0.944. The average Bonchev–Trinajstić information content (AvgIpc) is 2.24. The van der Waals surface area contributed by atoms with E-state index in [1.807, 2.05) is 0 Å². The first-order valence-electron chi connectivity index (χ1n) is 5.09. The van der Waals surface area contributed by atoms with Crippen molar-refractivity contribution in [2.24, 2.45) is 0 Å². The summed E-state index contributed by atoms with van der Waals surface area (Å²) in [6.45, 7) is 6.67. The molecule has 0 aromatic carbocycles. The molecule has 2 aliphatic heterocycles. The molecule has 0 saturated carbocycles. The summed E-state index contributed by atoms with van der Waals surface area (Å²) in [5, 5.41) is 0. The van der Waals surface area contributed by atoms with Gasteiger partial charge in [0.05, 0.1) is 26.3 Å². The van der Waals surface area contributed by atoms with Crippen molar-refractivity contribution < 1.29 is 9.22 Å². The molecule has 0 radical (unpaired) electrons. The monoisotopic (exact) mass is 170 g/mol. The lowest BCUT2D eigenvalue weighted by Gasteiger charge is -2.47. The fourth-order valence-electron chi connectivity index (χ4n) is 2.91. The third-order valence-corrected chi connectivity index (χ3v) is 4.14. The lowest BCUT2D eigenvalue weighted by Crippen LogP contribution is -2.63. The van der Waals surface area contributed by atoms with Gasteiger partial charge in [0.2, 0.25) is 0 Å². The predicted octanol–water partition coefficient (Wildman–Crippen LogP) is 1.40. The maximum Gasteiger partial charge on any atom is 0.113 e. The van der Waals surface area contributed by atoms with E-state index < -0.39 is 0 Å². The van der Waals surface area contributed by atoms with E-state index in [9.17, 15) is 0 Å². The number of hydrogen-bond donors (Lipinski definition) is 0. The zero-order valence-corrected chi connectivity index (χ0v) is 8.42. The summed E-state index contributed by atoms with van der Waals surface area (Å²) in [5.74, 6) is 0. The lowest BCUT2D eigenvalue weighted by molar-refractivity contribution is -0.969. The Morgan fingerprint density at radius 3 is 2.00 bits per heavy atom. The molecule has 12 heavy (non-hydrogen) atoms. The summed E-state index contributed by atoms with van der Waals surface area (Å²) in [4.78, 5) is 0. The van der Waals surface area contributed by atoms with Crippen molar-refractivity contribution in [2.75, 3.05) is 20.3 Å². The summed E-state index contributed by atoms with van der Waals surface area (Å²) < 4.78 is 6.85. The van der Waals surface area contributed by atoms with Crippen LogP contribution in [0.25, 0.3) is 0 Å². The number of fused-ring (bicyclic) bond motifs is 2. The average molecular weight is 170 g/mol. The Bertz CT molecular complexity index is 163. The molecule has 0 amide bonds. The summed E-state index contributed by atoms with van der Waals surface area (Å²) in [7, 11) is 2.41. The largest absolute Gasteiger partial charge is 0.369 e. The van der Waals surface area contributed by atoms with E-state index in [1.165, 1.54) is 17.3 Å². The Morgan fingerprint density at radius 2 is 1.67 bits per heavy atom. The molecule has 0 aliphatic carbocycles. The van der Waals surface area contributed by atoms with E-state index in [2.05, 4.69) is 20.9 Å². The van der Waals surface area contributed by atoms with E-state index in [0.29, 0.717) is 0 Å². The van der Waals surface area contributed by atoms with Gasteiger partial charge in [-0.15, -0.1) is 0 Å². The second kappa shape index (κ2) is 2.71. The predicted molar refractivity (Wildman–Crippen MR) is 48.9 cm³/mol. The minimum Gasteiger partial charge on any atom is -0.369 e. The van der Waals surface area contributed by atoms with E-state index in [4.69, 9.17) is 4.74 Å². The molecule has 2 unspecified atom stereocenters. The van der Waals surface area contributed by atoms with Gasteiger partial charge in [-0.1, -0.05) is 0 Å². The van der Waals surface area contributed by atoms with Crippen molar-refractivity contribution in [1.29, 1.82) is 0 Å². The standard InChI is InChI=1S/C10H20NO/c1-8(2)11(3)9-4-5-10(11)7-12-6-9/h8-10H,4-7H2,1-3H3/q+1. The molecule has 2 saturated heterocycles. The SMILES string of the molecule is CC(C)[N+]1(C)C2CCC1COC2. The maximum absolute atomic E-state index is 5.59. The minimum absolute atomic E-state index is 0.756. The van der Waals surface area contributed by atoms with E-state index in [0.717, 1.165) is 31.3 Å². The molecule has 2 heteroatoms. The molecule has 2 atom stereocenters. The van der Waals surface area contributed by atoms with Crippen molar-refractivity contribution >= 4 is 0 Å². The molecule has 2 bridgehead atoms. The molecule has 2 nitrogen and oxygen atoms in total. The first-order chi connectivity index (χ1) is 5.65. The summed E-state index contributed by atoms with van der Waals surface area (Å²) in [6, 6.07) is 2.32. The number of morpholine rings is 1. The Balaban J connectivity index is 2.24. The van der Waals surface area contributed by atoms with Crippen LogP contribution < -0.4 is 0 Å². The van der Waals surface area contributed by atoms with E-state index in [1.54, 1.807) is 0 Å². The van der Waals surface area contributed by atoms with E-state index in [-0.39, 0.29) is 0 Å². The number of nitrogens with zero attached hydrogens (tertiary/aromatic N) is 1. The van der Waals surface area contributed by atoms with Crippen LogP contribution in [-0.2, 0) is 4.74 Å². The van der Waals surface area contributed by atoms with Crippen LogP contribution in [0.15, 0.2) is 0 Å². The van der Waals surface area contributed by atoms with Crippen molar-refractivity contribution in [2.45, 2.75) is 44.8 Å². The number of rotatable bonds is 1. The topological polar surface area (TPSA) is 9.23 Å². The van der Waals surface area contributed by atoms with Gasteiger partial charge in [0.1, 0.15) is 12.1 Å². The van der Waals surface area contributed by atoms with Gasteiger partial charge < -0.3 is 9.22 Å². The minimum atomic E-state index is 0.756. The highest BCUT2D eigenvalue weighted by Gasteiger charge is 2.50. The summed E-state index contributed by atoms with van der Waals surface area (Å²) >= 11 is 0. The van der Waals surface area contributed by atoms with Crippen LogP contribution in [0.4, 0.5) is 0 Å². The van der Waals surface area contributed by atoms with Crippen molar-refractivity contribution in [1.82, 2.24) is 0 Å². The molecular formula is C10H20NO+. The molecule has 2 aliphatic rings. The zero-order valence-electron chi connectivity index (χ0n) is 8.42. The number of quaternary nitrogens is 1. The van der Waals surface area contributed by atoms with Gasteiger partial charge in [0.25, 0.3) is 0 Å². The van der Waals surface area contributed by atoms with Gasteiger partial charge in [-0.3, -0.25) is 0 Å². The van der Waals surface area contributed by atoms with Gasteiger partial charge in [-0.2, -0.15) is 0 Å². The fraction of sp³-hybridized carbons (Fsp3) is 1.00. The Kier molecular flexibility index (Phi) is 1.92. The zero-order chi connectivity index (χ0) is 8.77. The second-order valence-electron chi connectivity index (χ2n) is 4.74. The highest BCUT2D eigenvalue weighted by Crippen LogP contribution is 2.37. The van der Waals surface area contributed by atoms with Crippen LogP contribution in [0.1, 0.15) is 26.7 Å². The first kappa shape index (κ1) is 8.52. The van der Waals surface area contributed by atoms with Crippen molar-refractivity contribution in [3.05, 3.63) is 0 Å². The highest BCUT2D eigenvalue weighted by atomic mass is 16.5. The first-order valence-corrected chi connectivity index (χ1v) is 5.09. The van der Waals surface area contributed by atoms with Gasteiger partial charge in [-0.25, -0.2) is 0 Å². The van der Waals surface area contributed by atoms with Crippen LogP contribution in [-0.4, -0.2) is 42.9 Å². The Morgan fingerprint density at radius 1 is 1.17 bits per heavy atom. The van der Waals surface area contributed by atoms with Crippen LogP contribution >= 0.6 is 0 Å². The molecule has 70 valence electrons. The van der Waals surface area contributed by atoms with Gasteiger partial charge in [0, 0.05) is 12.8 Å².